The van der Waals surface area contributed by atoms with Gasteiger partial charge in [-0.05, 0) is 78.1 Å². The smallest absolute Gasteiger partial charge is 0.120 e. The van der Waals surface area contributed by atoms with Crippen LogP contribution in [-0.4, -0.2) is 35.7 Å². The third-order valence-electron chi connectivity index (χ3n) is 7.52. The number of nitrogens with zero attached hydrogens (tertiary/aromatic N) is 2. The van der Waals surface area contributed by atoms with Crippen LogP contribution in [0.5, 0.6) is 5.75 Å². The van der Waals surface area contributed by atoms with Crippen LogP contribution in [0.1, 0.15) is 29.5 Å². The van der Waals surface area contributed by atoms with Crippen LogP contribution in [0.25, 0.3) is 10.9 Å². The fraction of sp³-hybridized carbons (Fsp3) is 0.367. The van der Waals surface area contributed by atoms with Crippen molar-refractivity contribution in [3.63, 3.8) is 0 Å². The largest absolute Gasteiger partial charge is 0.489 e. The zero-order chi connectivity index (χ0) is 22.7. The van der Waals surface area contributed by atoms with Crippen molar-refractivity contribution in [2.45, 2.75) is 38.5 Å². The maximum atomic E-state index is 6.20. The van der Waals surface area contributed by atoms with Crippen LogP contribution in [0.3, 0.4) is 0 Å². The molecule has 3 aromatic rings. The second-order valence-corrected chi connectivity index (χ2v) is 9.85. The van der Waals surface area contributed by atoms with Crippen LogP contribution in [-0.2, 0) is 24.3 Å². The van der Waals surface area contributed by atoms with Crippen molar-refractivity contribution in [3.8, 4) is 5.75 Å². The highest BCUT2D eigenvalue weighted by molar-refractivity contribution is 5.78. The lowest BCUT2D eigenvalue weighted by Gasteiger charge is -2.36. The Morgan fingerprint density at radius 2 is 1.91 bits per heavy atom. The average molecular weight is 453 g/mol. The minimum atomic E-state index is 0.462. The van der Waals surface area contributed by atoms with Crippen molar-refractivity contribution in [2.24, 2.45) is 11.8 Å². The maximum absolute atomic E-state index is 6.20. The van der Waals surface area contributed by atoms with E-state index in [2.05, 4.69) is 76.7 Å². The van der Waals surface area contributed by atoms with Gasteiger partial charge in [-0.3, -0.25) is 9.88 Å². The number of hydrogen-bond acceptors (Lipinski definition) is 4. The summed E-state index contributed by atoms with van der Waals surface area (Å²) in [5.41, 5.74) is 5.05. The Morgan fingerprint density at radius 1 is 1.00 bits per heavy atom. The molecule has 34 heavy (non-hydrogen) atoms. The minimum Gasteiger partial charge on any atom is -0.489 e. The lowest BCUT2D eigenvalue weighted by Crippen LogP contribution is -2.38. The van der Waals surface area contributed by atoms with Gasteiger partial charge in [0, 0.05) is 37.8 Å². The molecule has 1 fully saturated rings. The van der Waals surface area contributed by atoms with E-state index in [9.17, 15) is 0 Å². The molecule has 6 rings (SSSR count). The van der Waals surface area contributed by atoms with Gasteiger partial charge in [0.25, 0.3) is 0 Å². The van der Waals surface area contributed by atoms with Crippen LogP contribution >= 0.6 is 0 Å². The van der Waals surface area contributed by atoms with Crippen molar-refractivity contribution >= 4 is 10.9 Å². The molecule has 174 valence electrons. The average Bonchev–Trinajstić information content (AvgIpc) is 2.85. The number of pyridine rings is 1. The summed E-state index contributed by atoms with van der Waals surface area (Å²) in [5.74, 6) is 2.11. The second kappa shape index (κ2) is 9.73. The summed E-state index contributed by atoms with van der Waals surface area (Å²) in [4.78, 5) is 7.02. The number of benzene rings is 2. The van der Waals surface area contributed by atoms with Gasteiger partial charge in [0.05, 0.1) is 11.6 Å². The first kappa shape index (κ1) is 21.6. The normalized spacial score (nSPS) is 24.1. The SMILES string of the molecule is C1=CC(CN2CCc3ccc(OCc4ccc5ncccc5c4)cc3C2)[C@@H](CC2CCO2)C=C1. The summed E-state index contributed by atoms with van der Waals surface area (Å²) < 4.78 is 11.9. The van der Waals surface area contributed by atoms with E-state index >= 15 is 0 Å². The molecule has 4 nitrogen and oxygen atoms in total. The predicted octanol–water partition coefficient (Wildman–Crippen LogP) is 5.71. The summed E-state index contributed by atoms with van der Waals surface area (Å²) in [5, 5.41) is 1.15. The van der Waals surface area contributed by atoms with E-state index in [4.69, 9.17) is 9.47 Å². The number of fused-ring (bicyclic) bond motifs is 2. The molecule has 0 saturated carbocycles. The highest BCUT2D eigenvalue weighted by Crippen LogP contribution is 2.31. The van der Waals surface area contributed by atoms with Crippen LogP contribution < -0.4 is 4.74 Å². The lowest BCUT2D eigenvalue weighted by molar-refractivity contribution is -0.0628. The molecule has 0 bridgehead atoms. The fourth-order valence-electron chi connectivity index (χ4n) is 5.44. The minimum absolute atomic E-state index is 0.462. The fourth-order valence-corrected chi connectivity index (χ4v) is 5.44. The quantitative estimate of drug-likeness (QED) is 0.460. The first-order valence-corrected chi connectivity index (χ1v) is 12.6. The molecule has 4 heteroatoms. The Hall–Kier alpha value is -2.95. The van der Waals surface area contributed by atoms with E-state index in [1.807, 2.05) is 12.3 Å². The van der Waals surface area contributed by atoms with Gasteiger partial charge < -0.3 is 9.47 Å². The molecular formula is C30H32N2O2. The van der Waals surface area contributed by atoms with E-state index in [0.29, 0.717) is 24.5 Å². The maximum Gasteiger partial charge on any atom is 0.120 e. The Labute approximate surface area is 201 Å². The van der Waals surface area contributed by atoms with Gasteiger partial charge in [-0.15, -0.1) is 0 Å². The second-order valence-electron chi connectivity index (χ2n) is 9.85. The van der Waals surface area contributed by atoms with E-state index in [-0.39, 0.29) is 0 Å². The Bertz CT molecular complexity index is 1210. The molecule has 2 unspecified atom stereocenters. The van der Waals surface area contributed by atoms with Crippen molar-refractivity contribution < 1.29 is 9.47 Å². The summed E-state index contributed by atoms with van der Waals surface area (Å²) in [6.45, 7) is 4.73. The molecule has 3 aliphatic rings. The molecule has 1 aliphatic carbocycles. The van der Waals surface area contributed by atoms with Gasteiger partial charge in [-0.25, -0.2) is 0 Å². The third kappa shape index (κ3) is 4.79. The summed E-state index contributed by atoms with van der Waals surface area (Å²) in [6, 6.07) is 17.0. The Morgan fingerprint density at radius 3 is 2.79 bits per heavy atom. The predicted molar refractivity (Wildman–Crippen MR) is 136 cm³/mol. The molecule has 3 heterocycles. The molecule has 3 atom stereocenters. The first-order chi connectivity index (χ1) is 16.8. The van der Waals surface area contributed by atoms with Crippen LogP contribution in [0, 0.1) is 11.8 Å². The number of rotatable bonds is 7. The first-order valence-electron chi connectivity index (χ1n) is 12.6. The lowest BCUT2D eigenvalue weighted by atomic mass is 9.82. The summed E-state index contributed by atoms with van der Waals surface area (Å²) in [6.07, 6.45) is 15.0. The molecule has 0 amide bonds. The molecule has 1 aromatic heterocycles. The molecule has 0 spiro atoms. The summed E-state index contributed by atoms with van der Waals surface area (Å²) >= 11 is 0. The molecule has 2 aromatic carbocycles. The zero-order valence-electron chi connectivity index (χ0n) is 19.6. The third-order valence-corrected chi connectivity index (χ3v) is 7.52. The molecular weight excluding hydrogens is 420 g/mol. The molecule has 2 aliphatic heterocycles. The molecule has 0 radical (unpaired) electrons. The standard InChI is InChI=1S/C30H32N2O2/c1-2-5-26(24(4-1)17-29-12-15-33-29)19-32-14-11-23-8-9-28(18-27(23)20-32)34-21-22-7-10-30-25(16-22)6-3-13-31-30/h1-10,13,16,18,24,26,29H,11-12,14-15,17,19-21H2/t24-,26?,29?/m1/s1. The van der Waals surface area contributed by atoms with E-state index < -0.39 is 0 Å². The summed E-state index contributed by atoms with van der Waals surface area (Å²) in [7, 11) is 0. The van der Waals surface area contributed by atoms with Gasteiger partial charge in [-0.1, -0.05) is 42.5 Å². The van der Waals surface area contributed by atoms with Crippen molar-refractivity contribution in [1.29, 1.82) is 0 Å². The number of allylic oxidation sites excluding steroid dienone is 3. The van der Waals surface area contributed by atoms with Crippen LogP contribution in [0.2, 0.25) is 0 Å². The number of hydrogen-bond donors (Lipinski definition) is 0. The van der Waals surface area contributed by atoms with E-state index in [0.717, 1.165) is 55.7 Å². The van der Waals surface area contributed by atoms with Crippen molar-refractivity contribution in [1.82, 2.24) is 9.88 Å². The number of ether oxygens (including phenoxy) is 2. The molecule has 1 saturated heterocycles. The van der Waals surface area contributed by atoms with Crippen molar-refractivity contribution in [2.75, 3.05) is 19.7 Å². The van der Waals surface area contributed by atoms with Gasteiger partial charge in [0.1, 0.15) is 12.4 Å². The van der Waals surface area contributed by atoms with Crippen molar-refractivity contribution in [3.05, 3.63) is 95.7 Å². The van der Waals surface area contributed by atoms with E-state index in [1.165, 1.54) is 23.1 Å². The van der Waals surface area contributed by atoms with Gasteiger partial charge in [0.2, 0.25) is 0 Å². The highest BCUT2D eigenvalue weighted by Gasteiger charge is 2.28. The molecule has 0 N–H and O–H groups in total. The zero-order valence-corrected chi connectivity index (χ0v) is 19.6. The number of aromatic nitrogens is 1. The van der Waals surface area contributed by atoms with Gasteiger partial charge in [0.15, 0.2) is 0 Å². The Balaban J connectivity index is 1.09. The van der Waals surface area contributed by atoms with E-state index in [1.54, 1.807) is 0 Å². The van der Waals surface area contributed by atoms with Crippen LogP contribution in [0.15, 0.2) is 79.0 Å². The topological polar surface area (TPSA) is 34.6 Å². The van der Waals surface area contributed by atoms with Gasteiger partial charge >= 0.3 is 0 Å². The highest BCUT2D eigenvalue weighted by atomic mass is 16.5. The van der Waals surface area contributed by atoms with Crippen LogP contribution in [0.4, 0.5) is 0 Å². The Kier molecular flexibility index (Phi) is 6.17. The van der Waals surface area contributed by atoms with Gasteiger partial charge in [-0.2, -0.15) is 0 Å². The monoisotopic (exact) mass is 452 g/mol.